The van der Waals surface area contributed by atoms with Crippen LogP contribution < -0.4 is 14.8 Å². The van der Waals surface area contributed by atoms with E-state index in [1.165, 1.54) is 5.56 Å². The summed E-state index contributed by atoms with van der Waals surface area (Å²) in [6, 6.07) is 6.62. The van der Waals surface area contributed by atoms with Gasteiger partial charge in [-0.1, -0.05) is 26.8 Å². The summed E-state index contributed by atoms with van der Waals surface area (Å²) < 4.78 is 11.4. The van der Waals surface area contributed by atoms with Crippen molar-refractivity contribution in [3.05, 3.63) is 23.8 Å². The van der Waals surface area contributed by atoms with Crippen LogP contribution in [-0.2, 0) is 0 Å². The largest absolute Gasteiger partial charge is 0.490 e. The highest BCUT2D eigenvalue weighted by molar-refractivity contribution is 7.99. The SMILES string of the molecule is CCNC(CSC(C)C)c1ccc(OCC)c(OCC)c1. The lowest BCUT2D eigenvalue weighted by Gasteiger charge is -2.21. The Morgan fingerprint density at radius 1 is 1.05 bits per heavy atom. The fourth-order valence-corrected chi connectivity index (χ4v) is 2.98. The molecule has 0 bridgehead atoms. The van der Waals surface area contributed by atoms with E-state index in [1.54, 1.807) is 0 Å². The van der Waals surface area contributed by atoms with Crippen LogP contribution >= 0.6 is 11.8 Å². The van der Waals surface area contributed by atoms with Crippen LogP contribution in [0.4, 0.5) is 0 Å². The predicted molar refractivity (Wildman–Crippen MR) is 92.8 cm³/mol. The molecule has 0 aliphatic heterocycles. The summed E-state index contributed by atoms with van der Waals surface area (Å²) >= 11 is 1.97. The van der Waals surface area contributed by atoms with Crippen LogP contribution in [-0.4, -0.2) is 30.8 Å². The Labute approximate surface area is 133 Å². The fourth-order valence-electron chi connectivity index (χ4n) is 2.09. The van der Waals surface area contributed by atoms with E-state index in [4.69, 9.17) is 9.47 Å². The zero-order valence-electron chi connectivity index (χ0n) is 13.9. The molecular formula is C17H29NO2S. The minimum absolute atomic E-state index is 0.345. The van der Waals surface area contributed by atoms with Crippen LogP contribution in [0, 0.1) is 0 Å². The third kappa shape index (κ3) is 6.18. The van der Waals surface area contributed by atoms with Gasteiger partial charge in [0.25, 0.3) is 0 Å². The lowest BCUT2D eigenvalue weighted by atomic mass is 10.1. The van der Waals surface area contributed by atoms with Gasteiger partial charge in [-0.05, 0) is 43.3 Å². The second-order valence-electron chi connectivity index (χ2n) is 5.06. The lowest BCUT2D eigenvalue weighted by molar-refractivity contribution is 0.287. The van der Waals surface area contributed by atoms with E-state index in [2.05, 4.69) is 38.2 Å². The van der Waals surface area contributed by atoms with Gasteiger partial charge in [-0.25, -0.2) is 0 Å². The molecule has 1 atom stereocenters. The molecule has 0 spiro atoms. The second-order valence-corrected chi connectivity index (χ2v) is 6.67. The summed E-state index contributed by atoms with van der Waals surface area (Å²) in [7, 11) is 0. The van der Waals surface area contributed by atoms with E-state index < -0.39 is 0 Å². The first-order valence-corrected chi connectivity index (χ1v) is 8.91. The van der Waals surface area contributed by atoms with Gasteiger partial charge >= 0.3 is 0 Å². The van der Waals surface area contributed by atoms with E-state index in [9.17, 15) is 0 Å². The predicted octanol–water partition coefficient (Wildman–Crippen LogP) is 4.28. The Kier molecular flexibility index (Phi) is 8.62. The number of ether oxygens (including phenoxy) is 2. The fraction of sp³-hybridized carbons (Fsp3) is 0.647. The van der Waals surface area contributed by atoms with Crippen LogP contribution in [0.2, 0.25) is 0 Å². The number of hydrogen-bond acceptors (Lipinski definition) is 4. The molecule has 120 valence electrons. The van der Waals surface area contributed by atoms with Gasteiger partial charge in [0.1, 0.15) is 0 Å². The maximum atomic E-state index is 5.72. The minimum Gasteiger partial charge on any atom is -0.490 e. The van der Waals surface area contributed by atoms with Crippen molar-refractivity contribution in [1.82, 2.24) is 5.32 Å². The van der Waals surface area contributed by atoms with Gasteiger partial charge < -0.3 is 14.8 Å². The third-order valence-electron chi connectivity index (χ3n) is 3.02. The Balaban J connectivity index is 2.93. The molecule has 0 saturated heterocycles. The monoisotopic (exact) mass is 311 g/mol. The summed E-state index contributed by atoms with van der Waals surface area (Å²) in [4.78, 5) is 0. The van der Waals surface area contributed by atoms with E-state index in [-0.39, 0.29) is 0 Å². The first-order valence-electron chi connectivity index (χ1n) is 7.86. The van der Waals surface area contributed by atoms with Gasteiger partial charge in [-0.3, -0.25) is 0 Å². The molecule has 0 radical (unpaired) electrons. The molecule has 0 aliphatic carbocycles. The van der Waals surface area contributed by atoms with Gasteiger partial charge in [-0.15, -0.1) is 0 Å². The van der Waals surface area contributed by atoms with Gasteiger partial charge in [0.2, 0.25) is 0 Å². The average Bonchev–Trinajstić information content (AvgIpc) is 2.45. The minimum atomic E-state index is 0.345. The summed E-state index contributed by atoms with van der Waals surface area (Å²) in [6.45, 7) is 12.9. The molecule has 0 heterocycles. The van der Waals surface area contributed by atoms with Crippen molar-refractivity contribution in [2.75, 3.05) is 25.5 Å². The van der Waals surface area contributed by atoms with Crippen molar-refractivity contribution in [3.8, 4) is 11.5 Å². The maximum absolute atomic E-state index is 5.72. The van der Waals surface area contributed by atoms with Crippen LogP contribution in [0.1, 0.15) is 46.2 Å². The van der Waals surface area contributed by atoms with E-state index in [1.807, 2.05) is 31.7 Å². The number of rotatable bonds is 10. The van der Waals surface area contributed by atoms with Crippen molar-refractivity contribution in [2.45, 2.75) is 45.9 Å². The topological polar surface area (TPSA) is 30.5 Å². The van der Waals surface area contributed by atoms with E-state index >= 15 is 0 Å². The van der Waals surface area contributed by atoms with Crippen LogP contribution in [0.25, 0.3) is 0 Å². The normalized spacial score (nSPS) is 12.5. The highest BCUT2D eigenvalue weighted by Crippen LogP contribution is 2.32. The Hall–Kier alpha value is -0.870. The number of benzene rings is 1. The zero-order chi connectivity index (χ0) is 15.7. The van der Waals surface area contributed by atoms with Crippen molar-refractivity contribution >= 4 is 11.8 Å². The Morgan fingerprint density at radius 2 is 1.71 bits per heavy atom. The summed E-state index contributed by atoms with van der Waals surface area (Å²) in [5.74, 6) is 2.73. The third-order valence-corrected chi connectivity index (χ3v) is 4.21. The standard InChI is InChI=1S/C17H29NO2S/c1-6-18-15(12-21-13(4)5)14-9-10-16(19-7-2)17(11-14)20-8-3/h9-11,13,15,18H,6-8,12H2,1-5H3. The highest BCUT2D eigenvalue weighted by atomic mass is 32.2. The summed E-state index contributed by atoms with van der Waals surface area (Å²) in [6.07, 6.45) is 0. The summed E-state index contributed by atoms with van der Waals surface area (Å²) in [5, 5.41) is 4.20. The maximum Gasteiger partial charge on any atom is 0.161 e. The smallest absolute Gasteiger partial charge is 0.161 e. The molecule has 1 unspecified atom stereocenters. The number of thioether (sulfide) groups is 1. The molecule has 21 heavy (non-hydrogen) atoms. The van der Waals surface area contributed by atoms with Gasteiger partial charge in [0, 0.05) is 11.8 Å². The van der Waals surface area contributed by atoms with Crippen molar-refractivity contribution < 1.29 is 9.47 Å². The molecule has 0 aromatic heterocycles. The van der Waals surface area contributed by atoms with Crippen LogP contribution in [0.15, 0.2) is 18.2 Å². The van der Waals surface area contributed by atoms with Gasteiger partial charge in [0.15, 0.2) is 11.5 Å². The molecule has 1 N–H and O–H groups in total. The number of nitrogens with one attached hydrogen (secondary N) is 1. The Morgan fingerprint density at radius 3 is 2.29 bits per heavy atom. The van der Waals surface area contributed by atoms with Crippen molar-refractivity contribution in [1.29, 1.82) is 0 Å². The van der Waals surface area contributed by atoms with Crippen molar-refractivity contribution in [3.63, 3.8) is 0 Å². The second kappa shape index (κ2) is 9.96. The molecule has 1 aromatic rings. The van der Waals surface area contributed by atoms with Gasteiger partial charge in [-0.2, -0.15) is 11.8 Å². The van der Waals surface area contributed by atoms with E-state index in [0.29, 0.717) is 24.5 Å². The van der Waals surface area contributed by atoms with E-state index in [0.717, 1.165) is 23.8 Å². The molecule has 0 saturated carbocycles. The Bertz CT molecular complexity index is 410. The molecule has 0 amide bonds. The first kappa shape index (κ1) is 18.2. The van der Waals surface area contributed by atoms with Crippen molar-refractivity contribution in [2.24, 2.45) is 0 Å². The lowest BCUT2D eigenvalue weighted by Crippen LogP contribution is -2.23. The molecule has 0 fully saturated rings. The van der Waals surface area contributed by atoms with Crippen LogP contribution in [0.3, 0.4) is 0 Å². The summed E-state index contributed by atoms with van der Waals surface area (Å²) in [5.41, 5.74) is 1.26. The molecule has 1 aromatic carbocycles. The molecule has 3 nitrogen and oxygen atoms in total. The number of hydrogen-bond donors (Lipinski definition) is 1. The average molecular weight is 311 g/mol. The highest BCUT2D eigenvalue weighted by Gasteiger charge is 2.14. The van der Waals surface area contributed by atoms with Gasteiger partial charge in [0.05, 0.1) is 13.2 Å². The quantitative estimate of drug-likeness (QED) is 0.699. The first-order chi connectivity index (χ1) is 10.1. The van der Waals surface area contributed by atoms with Crippen LogP contribution in [0.5, 0.6) is 11.5 Å². The zero-order valence-corrected chi connectivity index (χ0v) is 14.8. The molecule has 1 rings (SSSR count). The molecule has 0 aliphatic rings. The molecular weight excluding hydrogens is 282 g/mol. The molecule has 4 heteroatoms.